The smallest absolute Gasteiger partial charge is 0.201 e. The third-order valence-corrected chi connectivity index (χ3v) is 1.12. The molecule has 0 saturated carbocycles. The number of hydrogen-bond acceptors (Lipinski definition) is 0. The maximum absolute atomic E-state index is 12.4. The Morgan fingerprint density at radius 1 is 1.40 bits per heavy atom. The van der Waals surface area contributed by atoms with E-state index in [1.807, 2.05) is 0 Å². The Bertz CT molecular complexity index is 263. The normalized spacial score (nSPS) is 17.3. The molecule has 0 amide bonds. The van der Waals surface area contributed by atoms with Crippen molar-refractivity contribution < 1.29 is 8.78 Å². The molecule has 0 unspecified atom stereocenters. The lowest BCUT2D eigenvalue weighted by Crippen LogP contribution is -1.72. The minimum Gasteiger partial charge on any atom is -0.203 e. The molecule has 0 aromatic carbocycles. The molecule has 2 heteroatoms. The van der Waals surface area contributed by atoms with Crippen LogP contribution in [0.25, 0.3) is 0 Å². The van der Waals surface area contributed by atoms with Gasteiger partial charge in [0.1, 0.15) is 0 Å². The van der Waals surface area contributed by atoms with Crippen LogP contribution < -0.4 is 0 Å². The van der Waals surface area contributed by atoms with Crippen LogP contribution in [-0.4, -0.2) is 0 Å². The van der Waals surface area contributed by atoms with E-state index in [1.54, 1.807) is 13.0 Å². The number of hydrogen-bond donors (Lipinski definition) is 0. The lowest BCUT2D eigenvalue weighted by atomic mass is 10.2. The monoisotopic (exact) mass is 140 g/mol. The first kappa shape index (κ1) is 6.97. The summed E-state index contributed by atoms with van der Waals surface area (Å²) in [6.45, 7) is 1.69. The fraction of sp³-hybridized carbons (Fsp3) is 0.125. The summed E-state index contributed by atoms with van der Waals surface area (Å²) in [6, 6.07) is 0. The molecular weight excluding hydrogens is 134 g/mol. The zero-order chi connectivity index (χ0) is 7.56. The lowest BCUT2D eigenvalue weighted by Gasteiger charge is -1.87. The zero-order valence-corrected chi connectivity index (χ0v) is 5.49. The Hall–Kier alpha value is -1.14. The summed E-state index contributed by atoms with van der Waals surface area (Å²) >= 11 is 0. The quantitative estimate of drug-likeness (QED) is 0.454. The Labute approximate surface area is 57.9 Å². The number of allylic oxidation sites excluding steroid dienone is 5. The van der Waals surface area contributed by atoms with Gasteiger partial charge in [0.05, 0.1) is 0 Å². The topological polar surface area (TPSA) is 0 Å². The minimum absolute atomic E-state index is 0.678. The Morgan fingerprint density at radius 3 is 2.80 bits per heavy atom. The molecule has 52 valence electrons. The molecule has 1 rings (SSSR count). The number of rotatable bonds is 0. The van der Waals surface area contributed by atoms with Crippen LogP contribution in [0.15, 0.2) is 41.2 Å². The predicted molar refractivity (Wildman–Crippen MR) is 35.7 cm³/mol. The summed E-state index contributed by atoms with van der Waals surface area (Å²) in [5, 5.41) is 0. The van der Waals surface area contributed by atoms with Gasteiger partial charge in [0, 0.05) is 0 Å². The van der Waals surface area contributed by atoms with Gasteiger partial charge in [0.15, 0.2) is 5.83 Å². The Kier molecular flexibility index (Phi) is 1.83. The van der Waals surface area contributed by atoms with E-state index < -0.39 is 11.7 Å². The van der Waals surface area contributed by atoms with Gasteiger partial charge in [-0.05, 0) is 24.6 Å². The second kappa shape index (κ2) is 2.63. The maximum Gasteiger partial charge on any atom is 0.201 e. The standard InChI is InChI=1S/C8H6F2/c1-6-3-2-4-7(9)8(10)5-6/h2-3,5H,1H3. The van der Waals surface area contributed by atoms with Gasteiger partial charge in [0.2, 0.25) is 5.83 Å². The van der Waals surface area contributed by atoms with E-state index in [-0.39, 0.29) is 0 Å². The SMILES string of the molecule is CC1=CC=C=C(F)C(F)=C1. The van der Waals surface area contributed by atoms with Crippen LogP contribution in [-0.2, 0) is 0 Å². The van der Waals surface area contributed by atoms with Crippen molar-refractivity contribution in [2.75, 3.05) is 0 Å². The first-order chi connectivity index (χ1) is 4.70. The molecule has 0 radical (unpaired) electrons. The van der Waals surface area contributed by atoms with Crippen molar-refractivity contribution in [1.82, 2.24) is 0 Å². The molecule has 0 saturated heterocycles. The molecule has 0 aromatic rings. The molecule has 10 heavy (non-hydrogen) atoms. The van der Waals surface area contributed by atoms with E-state index in [9.17, 15) is 8.78 Å². The highest BCUT2D eigenvalue weighted by atomic mass is 19.2. The van der Waals surface area contributed by atoms with Crippen LogP contribution in [0.3, 0.4) is 0 Å². The fourth-order valence-electron chi connectivity index (χ4n) is 0.627. The van der Waals surface area contributed by atoms with Crippen molar-refractivity contribution >= 4 is 0 Å². The molecule has 0 bridgehead atoms. The summed E-state index contributed by atoms with van der Waals surface area (Å²) in [6.07, 6.45) is 4.08. The first-order valence-electron chi connectivity index (χ1n) is 2.87. The Balaban J connectivity index is 3.10. The third-order valence-electron chi connectivity index (χ3n) is 1.12. The van der Waals surface area contributed by atoms with E-state index in [0.717, 1.165) is 6.08 Å². The lowest BCUT2D eigenvalue weighted by molar-refractivity contribution is 0.546. The van der Waals surface area contributed by atoms with Crippen molar-refractivity contribution in [3.05, 3.63) is 41.2 Å². The molecule has 0 N–H and O–H groups in total. The van der Waals surface area contributed by atoms with Crippen molar-refractivity contribution in [1.29, 1.82) is 0 Å². The average Bonchev–Trinajstić information content (AvgIpc) is 1.96. The van der Waals surface area contributed by atoms with Crippen LogP contribution in [0.1, 0.15) is 6.92 Å². The van der Waals surface area contributed by atoms with E-state index in [2.05, 4.69) is 5.73 Å². The van der Waals surface area contributed by atoms with Crippen LogP contribution in [0.2, 0.25) is 0 Å². The second-order valence-electron chi connectivity index (χ2n) is 2.03. The van der Waals surface area contributed by atoms with E-state index in [1.165, 1.54) is 6.08 Å². The van der Waals surface area contributed by atoms with Gasteiger partial charge in [-0.1, -0.05) is 11.8 Å². The summed E-state index contributed by atoms with van der Waals surface area (Å²) in [5.74, 6) is -1.80. The molecule has 1 aliphatic carbocycles. The van der Waals surface area contributed by atoms with Crippen LogP contribution in [0.5, 0.6) is 0 Å². The summed E-state index contributed by atoms with van der Waals surface area (Å²) in [4.78, 5) is 0. The predicted octanol–water partition coefficient (Wildman–Crippen LogP) is 2.81. The third kappa shape index (κ3) is 1.42. The van der Waals surface area contributed by atoms with Gasteiger partial charge < -0.3 is 0 Å². The van der Waals surface area contributed by atoms with Crippen molar-refractivity contribution in [3.63, 3.8) is 0 Å². The van der Waals surface area contributed by atoms with E-state index in [4.69, 9.17) is 0 Å². The summed E-state index contributed by atoms with van der Waals surface area (Å²) in [7, 11) is 0. The Morgan fingerprint density at radius 2 is 2.10 bits per heavy atom. The second-order valence-corrected chi connectivity index (χ2v) is 2.03. The molecule has 0 atom stereocenters. The van der Waals surface area contributed by atoms with E-state index in [0.29, 0.717) is 5.57 Å². The zero-order valence-electron chi connectivity index (χ0n) is 5.49. The van der Waals surface area contributed by atoms with Crippen molar-refractivity contribution in [2.45, 2.75) is 6.92 Å². The molecule has 0 fully saturated rings. The van der Waals surface area contributed by atoms with Crippen molar-refractivity contribution in [2.24, 2.45) is 0 Å². The number of halogens is 2. The van der Waals surface area contributed by atoms with Gasteiger partial charge in [-0.2, -0.15) is 4.39 Å². The average molecular weight is 140 g/mol. The fourth-order valence-corrected chi connectivity index (χ4v) is 0.627. The van der Waals surface area contributed by atoms with Gasteiger partial charge >= 0.3 is 0 Å². The molecule has 0 nitrogen and oxygen atoms in total. The molecule has 0 heterocycles. The first-order valence-corrected chi connectivity index (χ1v) is 2.87. The molecular formula is C8H6F2. The molecule has 1 aliphatic rings. The highest BCUT2D eigenvalue weighted by Gasteiger charge is 2.02. The highest BCUT2D eigenvalue weighted by molar-refractivity contribution is 5.33. The van der Waals surface area contributed by atoms with E-state index >= 15 is 0 Å². The minimum atomic E-state index is -0.937. The van der Waals surface area contributed by atoms with Gasteiger partial charge in [-0.3, -0.25) is 0 Å². The maximum atomic E-state index is 12.4. The van der Waals surface area contributed by atoms with Crippen LogP contribution >= 0.6 is 0 Å². The molecule has 0 spiro atoms. The summed E-state index contributed by atoms with van der Waals surface area (Å²) in [5.41, 5.74) is 2.81. The van der Waals surface area contributed by atoms with Gasteiger partial charge in [-0.25, -0.2) is 4.39 Å². The van der Waals surface area contributed by atoms with Gasteiger partial charge in [-0.15, -0.1) is 0 Å². The van der Waals surface area contributed by atoms with Crippen LogP contribution in [0, 0.1) is 0 Å². The largest absolute Gasteiger partial charge is 0.203 e. The molecule has 0 aliphatic heterocycles. The highest BCUT2D eigenvalue weighted by Crippen LogP contribution is 2.16. The summed E-state index contributed by atoms with van der Waals surface area (Å²) < 4.78 is 24.7. The van der Waals surface area contributed by atoms with Gasteiger partial charge in [0.25, 0.3) is 0 Å². The van der Waals surface area contributed by atoms with Crippen LogP contribution in [0.4, 0.5) is 8.78 Å². The molecule has 0 aromatic heterocycles. The van der Waals surface area contributed by atoms with Crippen molar-refractivity contribution in [3.8, 4) is 0 Å².